The van der Waals surface area contributed by atoms with Crippen molar-refractivity contribution >= 4 is 11.6 Å². The van der Waals surface area contributed by atoms with Crippen LogP contribution >= 0.6 is 11.6 Å². The van der Waals surface area contributed by atoms with Crippen LogP contribution in [0.2, 0.25) is 0 Å². The number of alkyl halides is 1. The first-order valence-corrected chi connectivity index (χ1v) is 4.52. The first-order valence-electron chi connectivity index (χ1n) is 3.99. The SMILES string of the molecule is ClCC/C=C/C1=CCCCO1. The molecule has 1 aliphatic heterocycles. The van der Waals surface area contributed by atoms with Gasteiger partial charge in [-0.15, -0.1) is 11.6 Å². The molecule has 0 fully saturated rings. The minimum Gasteiger partial charge on any atom is -0.494 e. The summed E-state index contributed by atoms with van der Waals surface area (Å²) < 4.78 is 5.36. The highest BCUT2D eigenvalue weighted by Gasteiger charge is 1.98. The van der Waals surface area contributed by atoms with Crippen molar-refractivity contribution in [1.82, 2.24) is 0 Å². The molecule has 0 unspecified atom stereocenters. The largest absolute Gasteiger partial charge is 0.494 e. The van der Waals surface area contributed by atoms with Crippen molar-refractivity contribution in [2.75, 3.05) is 12.5 Å². The third-order valence-corrected chi connectivity index (χ3v) is 1.74. The Labute approximate surface area is 72.7 Å². The van der Waals surface area contributed by atoms with Crippen molar-refractivity contribution in [2.45, 2.75) is 19.3 Å². The van der Waals surface area contributed by atoms with E-state index in [1.165, 1.54) is 0 Å². The fraction of sp³-hybridized carbons (Fsp3) is 0.556. The summed E-state index contributed by atoms with van der Waals surface area (Å²) in [6, 6.07) is 0. The van der Waals surface area contributed by atoms with Gasteiger partial charge >= 0.3 is 0 Å². The standard InChI is InChI=1S/C9H13ClO/c10-7-3-1-5-9-6-2-4-8-11-9/h1,5-6H,2-4,7-8H2/b5-1+. The Morgan fingerprint density at radius 3 is 3.18 bits per heavy atom. The lowest BCUT2D eigenvalue weighted by molar-refractivity contribution is 0.206. The Hall–Kier alpha value is -0.430. The molecule has 1 aliphatic rings. The highest BCUT2D eigenvalue weighted by atomic mass is 35.5. The monoisotopic (exact) mass is 172 g/mol. The number of hydrogen-bond acceptors (Lipinski definition) is 1. The van der Waals surface area contributed by atoms with Gasteiger partial charge in [-0.25, -0.2) is 0 Å². The van der Waals surface area contributed by atoms with Crippen molar-refractivity contribution in [3.8, 4) is 0 Å². The van der Waals surface area contributed by atoms with E-state index in [2.05, 4.69) is 6.08 Å². The van der Waals surface area contributed by atoms with Crippen LogP contribution in [0.5, 0.6) is 0 Å². The molecule has 62 valence electrons. The summed E-state index contributed by atoms with van der Waals surface area (Å²) >= 11 is 5.51. The molecule has 0 aliphatic carbocycles. The van der Waals surface area contributed by atoms with Crippen LogP contribution < -0.4 is 0 Å². The van der Waals surface area contributed by atoms with E-state index in [-0.39, 0.29) is 0 Å². The van der Waals surface area contributed by atoms with E-state index >= 15 is 0 Å². The van der Waals surface area contributed by atoms with Crippen LogP contribution in [0.25, 0.3) is 0 Å². The number of halogens is 1. The Bertz CT molecular complexity index is 161. The van der Waals surface area contributed by atoms with E-state index in [1.807, 2.05) is 12.2 Å². The number of rotatable bonds is 3. The van der Waals surface area contributed by atoms with Crippen LogP contribution in [0.15, 0.2) is 24.0 Å². The van der Waals surface area contributed by atoms with Gasteiger partial charge in [-0.3, -0.25) is 0 Å². The summed E-state index contributed by atoms with van der Waals surface area (Å²) in [5.74, 6) is 1.69. The fourth-order valence-corrected chi connectivity index (χ4v) is 1.08. The molecule has 0 N–H and O–H groups in total. The number of allylic oxidation sites excluding steroid dienone is 3. The first kappa shape index (κ1) is 8.66. The molecule has 0 bridgehead atoms. The lowest BCUT2D eigenvalue weighted by Gasteiger charge is -2.10. The van der Waals surface area contributed by atoms with E-state index < -0.39 is 0 Å². The summed E-state index contributed by atoms with van der Waals surface area (Å²) in [5, 5.41) is 0. The highest BCUT2D eigenvalue weighted by molar-refractivity contribution is 6.17. The molecule has 0 saturated heterocycles. The molecule has 0 saturated carbocycles. The second-order valence-corrected chi connectivity index (χ2v) is 2.86. The smallest absolute Gasteiger partial charge is 0.114 e. The van der Waals surface area contributed by atoms with Crippen molar-refractivity contribution in [1.29, 1.82) is 0 Å². The molecule has 0 amide bonds. The maximum atomic E-state index is 5.51. The summed E-state index contributed by atoms with van der Waals surface area (Å²) in [6.07, 6.45) is 9.37. The average molecular weight is 173 g/mol. The van der Waals surface area contributed by atoms with Gasteiger partial charge in [-0.1, -0.05) is 6.08 Å². The van der Waals surface area contributed by atoms with Crippen molar-refractivity contribution in [3.05, 3.63) is 24.0 Å². The topological polar surface area (TPSA) is 9.23 Å². The average Bonchev–Trinajstić information content (AvgIpc) is 2.07. The predicted octanol–water partition coefficient (Wildman–Crippen LogP) is 2.87. The molecular weight excluding hydrogens is 160 g/mol. The molecule has 1 nitrogen and oxygen atoms in total. The van der Waals surface area contributed by atoms with Gasteiger partial charge in [-0.2, -0.15) is 0 Å². The third-order valence-electron chi connectivity index (χ3n) is 1.52. The normalized spacial score (nSPS) is 18.1. The van der Waals surface area contributed by atoms with Gasteiger partial charge in [0.15, 0.2) is 0 Å². The summed E-state index contributed by atoms with van der Waals surface area (Å²) in [4.78, 5) is 0. The van der Waals surface area contributed by atoms with E-state index in [9.17, 15) is 0 Å². The second kappa shape index (κ2) is 5.25. The lowest BCUT2D eigenvalue weighted by atomic mass is 10.2. The zero-order valence-electron chi connectivity index (χ0n) is 6.55. The van der Waals surface area contributed by atoms with Crippen LogP contribution in [0.1, 0.15) is 19.3 Å². The Kier molecular flexibility index (Phi) is 4.14. The molecule has 1 heterocycles. The second-order valence-electron chi connectivity index (χ2n) is 2.48. The van der Waals surface area contributed by atoms with Crippen molar-refractivity contribution in [3.63, 3.8) is 0 Å². The molecule has 0 spiro atoms. The summed E-state index contributed by atoms with van der Waals surface area (Å²) in [5.41, 5.74) is 0. The first-order chi connectivity index (χ1) is 5.43. The number of ether oxygens (including phenoxy) is 1. The van der Waals surface area contributed by atoms with Gasteiger partial charge < -0.3 is 4.74 Å². The molecule has 0 aromatic rings. The molecule has 0 atom stereocenters. The van der Waals surface area contributed by atoms with Gasteiger partial charge in [-0.05, 0) is 31.4 Å². The van der Waals surface area contributed by atoms with Crippen LogP contribution in [-0.2, 0) is 4.74 Å². The third kappa shape index (κ3) is 3.47. The zero-order chi connectivity index (χ0) is 7.94. The lowest BCUT2D eigenvalue weighted by Crippen LogP contribution is -1.98. The molecule has 0 radical (unpaired) electrons. The van der Waals surface area contributed by atoms with Gasteiger partial charge in [0.2, 0.25) is 0 Å². The molecule has 2 heteroatoms. The quantitative estimate of drug-likeness (QED) is 0.595. The minimum atomic E-state index is 0.684. The molecular formula is C9H13ClO. The molecule has 0 aromatic carbocycles. The molecule has 0 aromatic heterocycles. The maximum Gasteiger partial charge on any atom is 0.114 e. The van der Waals surface area contributed by atoms with Gasteiger partial charge in [0.1, 0.15) is 5.76 Å². The van der Waals surface area contributed by atoms with Crippen molar-refractivity contribution < 1.29 is 4.74 Å². The maximum absolute atomic E-state index is 5.51. The molecule has 11 heavy (non-hydrogen) atoms. The van der Waals surface area contributed by atoms with E-state index in [1.54, 1.807) is 0 Å². The van der Waals surface area contributed by atoms with Crippen molar-refractivity contribution in [2.24, 2.45) is 0 Å². The van der Waals surface area contributed by atoms with Crippen LogP contribution in [0.3, 0.4) is 0 Å². The van der Waals surface area contributed by atoms with Gasteiger partial charge in [0, 0.05) is 5.88 Å². The minimum absolute atomic E-state index is 0.684. The Balaban J connectivity index is 2.29. The van der Waals surface area contributed by atoms with Crippen LogP contribution in [0, 0.1) is 0 Å². The summed E-state index contributed by atoms with van der Waals surface area (Å²) in [6.45, 7) is 0.858. The van der Waals surface area contributed by atoms with Crippen LogP contribution in [0.4, 0.5) is 0 Å². The van der Waals surface area contributed by atoms with Crippen LogP contribution in [-0.4, -0.2) is 12.5 Å². The van der Waals surface area contributed by atoms with E-state index in [0.29, 0.717) is 5.88 Å². The van der Waals surface area contributed by atoms with E-state index in [0.717, 1.165) is 31.6 Å². The zero-order valence-corrected chi connectivity index (χ0v) is 7.31. The Morgan fingerprint density at radius 2 is 2.55 bits per heavy atom. The highest BCUT2D eigenvalue weighted by Crippen LogP contribution is 2.10. The number of hydrogen-bond donors (Lipinski definition) is 0. The molecule has 1 rings (SSSR count). The van der Waals surface area contributed by atoms with Gasteiger partial charge in [0.05, 0.1) is 6.61 Å². The Morgan fingerprint density at radius 1 is 1.64 bits per heavy atom. The van der Waals surface area contributed by atoms with E-state index in [4.69, 9.17) is 16.3 Å². The summed E-state index contributed by atoms with van der Waals surface area (Å²) in [7, 11) is 0. The van der Waals surface area contributed by atoms with Gasteiger partial charge in [0.25, 0.3) is 0 Å². The predicted molar refractivity (Wildman–Crippen MR) is 47.7 cm³/mol. The fourth-order valence-electron chi connectivity index (χ4n) is 0.955.